The number of benzene rings is 2. The molecule has 1 saturated heterocycles. The van der Waals surface area contributed by atoms with E-state index in [-0.39, 0.29) is 24.4 Å². The van der Waals surface area contributed by atoms with Gasteiger partial charge in [-0.15, -0.1) is 0 Å². The van der Waals surface area contributed by atoms with Crippen LogP contribution in [0.2, 0.25) is 5.02 Å². The van der Waals surface area contributed by atoms with Crippen LogP contribution in [0.15, 0.2) is 47.4 Å². The summed E-state index contributed by atoms with van der Waals surface area (Å²) in [7, 11) is -4.03. The number of esters is 1. The lowest BCUT2D eigenvalue weighted by molar-refractivity contribution is -0.151. The Bertz CT molecular complexity index is 1120. The van der Waals surface area contributed by atoms with Gasteiger partial charge in [-0.3, -0.25) is 9.59 Å². The van der Waals surface area contributed by atoms with E-state index >= 15 is 0 Å². The second kappa shape index (κ2) is 9.99. The van der Waals surface area contributed by atoms with Crippen molar-refractivity contribution in [2.75, 3.05) is 13.2 Å². The minimum absolute atomic E-state index is 0.0340. The minimum atomic E-state index is -4.03. The molecule has 1 heterocycles. The number of halogens is 1. The van der Waals surface area contributed by atoms with Crippen molar-refractivity contribution in [2.24, 2.45) is 0 Å². The number of ether oxygens (including phenoxy) is 1. The van der Waals surface area contributed by atoms with Gasteiger partial charge in [0.2, 0.25) is 10.0 Å². The molecule has 2 unspecified atom stereocenters. The lowest BCUT2D eigenvalue weighted by atomic mass is 10.1. The lowest BCUT2D eigenvalue weighted by Crippen LogP contribution is -2.42. The van der Waals surface area contributed by atoms with Crippen molar-refractivity contribution in [1.82, 2.24) is 9.62 Å². The van der Waals surface area contributed by atoms with Crippen molar-refractivity contribution in [3.8, 4) is 0 Å². The summed E-state index contributed by atoms with van der Waals surface area (Å²) in [6, 6.07) is 10.4. The summed E-state index contributed by atoms with van der Waals surface area (Å²) < 4.78 is 32.2. The molecule has 1 aliphatic heterocycles. The summed E-state index contributed by atoms with van der Waals surface area (Å²) in [5.74, 6) is -1.42. The molecule has 2 N–H and O–H groups in total. The van der Waals surface area contributed by atoms with Crippen molar-refractivity contribution in [3.05, 3.63) is 64.2 Å². The summed E-state index contributed by atoms with van der Waals surface area (Å²) in [5, 5.41) is 13.2. The number of β-amino-alcohol motifs (C(OH)–C–C–N with tert-alkyl or cyclic N) is 1. The Labute approximate surface area is 192 Å². The number of nitrogens with one attached hydrogen (secondary N) is 1. The van der Waals surface area contributed by atoms with Crippen LogP contribution < -0.4 is 5.32 Å². The van der Waals surface area contributed by atoms with Gasteiger partial charge in [0.1, 0.15) is 6.04 Å². The van der Waals surface area contributed by atoms with Crippen molar-refractivity contribution >= 4 is 33.5 Å². The molecule has 0 spiro atoms. The van der Waals surface area contributed by atoms with Gasteiger partial charge in [0.15, 0.2) is 6.61 Å². The van der Waals surface area contributed by atoms with Crippen LogP contribution in [0.5, 0.6) is 0 Å². The molecule has 1 amide bonds. The molecule has 1 aliphatic rings. The predicted molar refractivity (Wildman–Crippen MR) is 118 cm³/mol. The molecule has 2 aromatic rings. The van der Waals surface area contributed by atoms with Gasteiger partial charge in [-0.2, -0.15) is 4.31 Å². The molecule has 0 aliphatic carbocycles. The first-order valence-corrected chi connectivity index (χ1v) is 11.8. The molecule has 1 fully saturated rings. The number of sulfonamides is 1. The Morgan fingerprint density at radius 1 is 1.19 bits per heavy atom. The number of carbonyl (C=O) groups is 2. The molecule has 172 valence electrons. The summed E-state index contributed by atoms with van der Waals surface area (Å²) in [6.45, 7) is 3.07. The number of carbonyl (C=O) groups excluding carboxylic acids is 2. The quantitative estimate of drug-likeness (QED) is 0.585. The van der Waals surface area contributed by atoms with Crippen LogP contribution in [0, 0.1) is 13.8 Å². The van der Waals surface area contributed by atoms with E-state index in [1.165, 1.54) is 12.1 Å². The fraction of sp³-hybridized carbons (Fsp3) is 0.364. The average Bonchev–Trinajstić information content (AvgIpc) is 3.15. The van der Waals surface area contributed by atoms with Gasteiger partial charge in [0.05, 0.1) is 11.0 Å². The molecule has 0 aromatic heterocycles. The Hall–Kier alpha value is -2.46. The van der Waals surface area contributed by atoms with Crippen LogP contribution in [0.25, 0.3) is 0 Å². The standard InChI is InChI=1S/C22H25ClN2O6S/c1-14-6-7-19(8-15(14)2)32(29,30)25-12-18(26)10-20(25)22(28)31-13-21(27)24-11-16-4-3-5-17(23)9-16/h3-9,18,20,26H,10-13H2,1-2H3,(H,24,27). The monoisotopic (exact) mass is 480 g/mol. The van der Waals surface area contributed by atoms with E-state index in [0.29, 0.717) is 5.02 Å². The van der Waals surface area contributed by atoms with Crippen LogP contribution in [0.4, 0.5) is 0 Å². The molecule has 8 nitrogen and oxygen atoms in total. The van der Waals surface area contributed by atoms with Crippen LogP contribution in [-0.4, -0.2) is 55.0 Å². The van der Waals surface area contributed by atoms with Crippen LogP contribution in [-0.2, 0) is 30.9 Å². The largest absolute Gasteiger partial charge is 0.454 e. The van der Waals surface area contributed by atoms with E-state index in [1.807, 2.05) is 6.92 Å². The van der Waals surface area contributed by atoms with Gasteiger partial charge in [0, 0.05) is 24.5 Å². The van der Waals surface area contributed by atoms with E-state index < -0.39 is 40.7 Å². The number of hydrogen-bond acceptors (Lipinski definition) is 6. The molecule has 0 radical (unpaired) electrons. The van der Waals surface area contributed by atoms with E-state index in [4.69, 9.17) is 16.3 Å². The lowest BCUT2D eigenvalue weighted by Gasteiger charge is -2.22. The molecular weight excluding hydrogens is 456 g/mol. The highest BCUT2D eigenvalue weighted by atomic mass is 35.5. The number of aliphatic hydroxyl groups excluding tert-OH is 1. The summed E-state index contributed by atoms with van der Waals surface area (Å²) >= 11 is 5.90. The minimum Gasteiger partial charge on any atom is -0.454 e. The first-order chi connectivity index (χ1) is 15.1. The Kier molecular flexibility index (Phi) is 7.55. The van der Waals surface area contributed by atoms with Gasteiger partial charge < -0.3 is 15.2 Å². The van der Waals surface area contributed by atoms with E-state index in [0.717, 1.165) is 21.0 Å². The first kappa shape index (κ1) is 24.2. The van der Waals surface area contributed by atoms with Gasteiger partial charge >= 0.3 is 5.97 Å². The SMILES string of the molecule is Cc1ccc(S(=O)(=O)N2CC(O)CC2C(=O)OCC(=O)NCc2cccc(Cl)c2)cc1C. The van der Waals surface area contributed by atoms with Crippen molar-refractivity contribution in [2.45, 2.75) is 43.9 Å². The Balaban J connectivity index is 1.63. The Morgan fingerprint density at radius 2 is 1.94 bits per heavy atom. The maximum atomic E-state index is 13.1. The number of hydrogen-bond donors (Lipinski definition) is 2. The van der Waals surface area contributed by atoms with Gasteiger partial charge in [0.25, 0.3) is 5.91 Å². The molecule has 2 aromatic carbocycles. The molecule has 32 heavy (non-hydrogen) atoms. The number of rotatable bonds is 7. The topological polar surface area (TPSA) is 113 Å². The third-order valence-electron chi connectivity index (χ3n) is 5.31. The molecule has 2 atom stereocenters. The second-order valence-electron chi connectivity index (χ2n) is 7.74. The van der Waals surface area contributed by atoms with Crippen molar-refractivity contribution < 1.29 is 27.9 Å². The summed E-state index contributed by atoms with van der Waals surface area (Å²) in [5.41, 5.74) is 2.51. The fourth-order valence-corrected chi connectivity index (χ4v) is 5.33. The summed E-state index contributed by atoms with van der Waals surface area (Å²) in [4.78, 5) is 24.7. The third kappa shape index (κ3) is 5.66. The highest BCUT2D eigenvalue weighted by molar-refractivity contribution is 7.89. The van der Waals surface area contributed by atoms with Crippen molar-refractivity contribution in [3.63, 3.8) is 0 Å². The average molecular weight is 481 g/mol. The number of nitrogens with zero attached hydrogens (tertiary/aromatic N) is 1. The second-order valence-corrected chi connectivity index (χ2v) is 10.1. The smallest absolute Gasteiger partial charge is 0.325 e. The highest BCUT2D eigenvalue weighted by Gasteiger charge is 2.44. The number of aliphatic hydroxyl groups is 1. The van der Waals surface area contributed by atoms with E-state index in [9.17, 15) is 23.1 Å². The molecule has 0 saturated carbocycles. The fourth-order valence-electron chi connectivity index (χ4n) is 3.41. The number of aryl methyl sites for hydroxylation is 2. The molecule has 10 heteroatoms. The van der Waals surface area contributed by atoms with E-state index in [2.05, 4.69) is 5.32 Å². The zero-order valence-corrected chi connectivity index (χ0v) is 19.3. The van der Waals surface area contributed by atoms with Crippen LogP contribution >= 0.6 is 11.6 Å². The predicted octanol–water partition coefficient (Wildman–Crippen LogP) is 1.94. The highest BCUT2D eigenvalue weighted by Crippen LogP contribution is 2.28. The maximum absolute atomic E-state index is 13.1. The van der Waals surface area contributed by atoms with Crippen LogP contribution in [0.1, 0.15) is 23.1 Å². The zero-order chi connectivity index (χ0) is 23.5. The number of amides is 1. The van der Waals surface area contributed by atoms with Crippen molar-refractivity contribution in [1.29, 1.82) is 0 Å². The first-order valence-electron chi connectivity index (χ1n) is 10.0. The van der Waals surface area contributed by atoms with Gasteiger partial charge in [-0.1, -0.05) is 29.8 Å². The molecule has 0 bridgehead atoms. The maximum Gasteiger partial charge on any atom is 0.325 e. The van der Waals surface area contributed by atoms with Gasteiger partial charge in [-0.05, 0) is 54.8 Å². The zero-order valence-electron chi connectivity index (χ0n) is 17.7. The molecule has 3 rings (SSSR count). The third-order valence-corrected chi connectivity index (χ3v) is 7.42. The van der Waals surface area contributed by atoms with Gasteiger partial charge in [-0.25, -0.2) is 8.42 Å². The van der Waals surface area contributed by atoms with E-state index in [1.54, 1.807) is 37.3 Å². The Morgan fingerprint density at radius 3 is 2.62 bits per heavy atom. The normalized spacial score (nSPS) is 19.0. The summed E-state index contributed by atoms with van der Waals surface area (Å²) in [6.07, 6.45) is -1.11. The van der Waals surface area contributed by atoms with Crippen LogP contribution in [0.3, 0.4) is 0 Å². The molecular formula is C22H25ClN2O6S.